The molecule has 0 N–H and O–H groups in total. The number of hydrogen-bond donors (Lipinski definition) is 0. The number of aromatic nitrogens is 2. The summed E-state index contributed by atoms with van der Waals surface area (Å²) >= 11 is 0. The second-order valence-corrected chi connectivity index (χ2v) is 9.04. The molecule has 1 atom stereocenters. The maximum atomic E-state index is 13.5. The zero-order valence-electron chi connectivity index (χ0n) is 18.9. The van der Waals surface area contributed by atoms with Gasteiger partial charge in [0, 0.05) is 36.9 Å². The summed E-state index contributed by atoms with van der Waals surface area (Å²) in [5.74, 6) is 0.646. The van der Waals surface area contributed by atoms with Gasteiger partial charge in [-0.05, 0) is 45.0 Å². The van der Waals surface area contributed by atoms with Gasteiger partial charge in [-0.2, -0.15) is 0 Å². The lowest BCUT2D eigenvalue weighted by Gasteiger charge is -2.46. The van der Waals surface area contributed by atoms with Crippen molar-refractivity contribution in [2.45, 2.75) is 32.4 Å². The first-order chi connectivity index (χ1) is 15.4. The molecule has 6 heteroatoms. The highest BCUT2D eigenvalue weighted by atomic mass is 16.5. The van der Waals surface area contributed by atoms with Crippen molar-refractivity contribution in [3.63, 3.8) is 0 Å². The number of pyridine rings is 2. The molecule has 166 valence electrons. The molecule has 1 unspecified atom stereocenters. The number of rotatable bonds is 5. The van der Waals surface area contributed by atoms with Gasteiger partial charge in [0.15, 0.2) is 0 Å². The van der Waals surface area contributed by atoms with Gasteiger partial charge in [0.25, 0.3) is 5.91 Å². The average molecular weight is 431 g/mol. The molecule has 32 heavy (non-hydrogen) atoms. The molecule has 1 aliphatic heterocycles. The Hall–Kier alpha value is -3.25. The highest BCUT2D eigenvalue weighted by Gasteiger charge is 2.36. The molecule has 1 aromatic carbocycles. The van der Waals surface area contributed by atoms with Crippen molar-refractivity contribution >= 4 is 5.91 Å². The van der Waals surface area contributed by atoms with Crippen molar-refractivity contribution in [2.24, 2.45) is 0 Å². The highest BCUT2D eigenvalue weighted by molar-refractivity contribution is 5.93. The fraction of sp³-hybridized carbons (Fsp3) is 0.346. The van der Waals surface area contributed by atoms with Gasteiger partial charge in [0.1, 0.15) is 18.1 Å². The van der Waals surface area contributed by atoms with E-state index in [1.807, 2.05) is 59.5 Å². The summed E-state index contributed by atoms with van der Waals surface area (Å²) in [6.07, 6.45) is 3.41. The fourth-order valence-corrected chi connectivity index (χ4v) is 3.97. The summed E-state index contributed by atoms with van der Waals surface area (Å²) in [6, 6.07) is 19.2. The lowest BCUT2D eigenvalue weighted by atomic mass is 10.0. The molecule has 1 saturated heterocycles. The summed E-state index contributed by atoms with van der Waals surface area (Å²) in [7, 11) is 0. The first-order valence-corrected chi connectivity index (χ1v) is 11.0. The smallest absolute Gasteiger partial charge is 0.272 e. The molecule has 2 aromatic heterocycles. The van der Waals surface area contributed by atoms with Gasteiger partial charge in [-0.3, -0.25) is 14.7 Å². The minimum Gasteiger partial charge on any atom is -0.490 e. The van der Waals surface area contributed by atoms with Crippen LogP contribution < -0.4 is 4.74 Å². The van der Waals surface area contributed by atoms with Crippen molar-refractivity contribution in [3.8, 4) is 17.0 Å². The number of hydrogen-bond acceptors (Lipinski definition) is 5. The predicted octanol–water partition coefficient (Wildman–Crippen LogP) is 4.15. The number of carbonyl (C=O) groups excluding carboxylic acids is 1. The van der Waals surface area contributed by atoms with Crippen LogP contribution in [0.4, 0.5) is 0 Å². The third kappa shape index (κ3) is 5.14. The Kier molecular flexibility index (Phi) is 6.51. The summed E-state index contributed by atoms with van der Waals surface area (Å²) in [4.78, 5) is 26.7. The molecule has 3 aromatic rings. The Bertz CT molecular complexity index is 1030. The van der Waals surface area contributed by atoms with Crippen LogP contribution in [-0.4, -0.2) is 63.5 Å². The minimum absolute atomic E-state index is 0.0210. The summed E-state index contributed by atoms with van der Waals surface area (Å²) in [6.45, 7) is 9.21. The lowest BCUT2D eigenvalue weighted by Crippen LogP contribution is -2.61. The molecule has 1 aliphatic rings. The van der Waals surface area contributed by atoms with E-state index in [-0.39, 0.29) is 17.5 Å². The largest absolute Gasteiger partial charge is 0.490 e. The third-order valence-corrected chi connectivity index (χ3v) is 5.81. The summed E-state index contributed by atoms with van der Waals surface area (Å²) < 4.78 is 6.01. The van der Waals surface area contributed by atoms with Gasteiger partial charge in [-0.15, -0.1) is 0 Å². The second-order valence-electron chi connectivity index (χ2n) is 9.04. The number of benzene rings is 1. The second kappa shape index (κ2) is 9.49. The molecule has 1 fully saturated rings. The molecule has 0 bridgehead atoms. The van der Waals surface area contributed by atoms with Gasteiger partial charge >= 0.3 is 0 Å². The monoisotopic (exact) mass is 430 g/mol. The maximum Gasteiger partial charge on any atom is 0.272 e. The van der Waals surface area contributed by atoms with Crippen LogP contribution in [0.15, 0.2) is 73.1 Å². The molecule has 0 saturated carbocycles. The number of carbonyl (C=O) groups is 1. The van der Waals surface area contributed by atoms with E-state index in [0.717, 1.165) is 24.3 Å². The Morgan fingerprint density at radius 2 is 1.84 bits per heavy atom. The van der Waals surface area contributed by atoms with E-state index in [9.17, 15) is 4.79 Å². The summed E-state index contributed by atoms with van der Waals surface area (Å²) in [5.41, 5.74) is 2.28. The number of amides is 1. The molecule has 0 spiro atoms. The van der Waals surface area contributed by atoms with E-state index < -0.39 is 0 Å². The normalized spacial score (nSPS) is 17.2. The molecule has 6 nitrogen and oxygen atoms in total. The number of ether oxygens (including phenoxy) is 1. The van der Waals surface area contributed by atoms with Crippen LogP contribution in [0.2, 0.25) is 0 Å². The van der Waals surface area contributed by atoms with E-state index in [1.54, 1.807) is 18.5 Å². The lowest BCUT2D eigenvalue weighted by molar-refractivity contribution is 0.00681. The Morgan fingerprint density at radius 1 is 1.03 bits per heavy atom. The molecule has 3 heterocycles. The van der Waals surface area contributed by atoms with E-state index in [1.165, 1.54) is 0 Å². The Labute approximate surface area is 189 Å². The molecule has 1 amide bonds. The van der Waals surface area contributed by atoms with Gasteiger partial charge in [0.05, 0.1) is 17.9 Å². The number of piperazine rings is 1. The third-order valence-electron chi connectivity index (χ3n) is 5.81. The molecular weight excluding hydrogens is 400 g/mol. The van der Waals surface area contributed by atoms with Crippen LogP contribution in [0.5, 0.6) is 5.75 Å². The Balaban J connectivity index is 1.56. The topological polar surface area (TPSA) is 58.6 Å². The van der Waals surface area contributed by atoms with Gasteiger partial charge in [-0.25, -0.2) is 4.98 Å². The molecule has 0 radical (unpaired) electrons. The first-order valence-electron chi connectivity index (χ1n) is 11.0. The van der Waals surface area contributed by atoms with E-state index in [0.29, 0.717) is 24.6 Å². The van der Waals surface area contributed by atoms with Crippen molar-refractivity contribution in [1.29, 1.82) is 0 Å². The maximum absolute atomic E-state index is 13.5. The van der Waals surface area contributed by atoms with Crippen LogP contribution >= 0.6 is 0 Å². The quantitative estimate of drug-likeness (QED) is 0.609. The Morgan fingerprint density at radius 3 is 2.56 bits per heavy atom. The van der Waals surface area contributed by atoms with Crippen molar-refractivity contribution < 1.29 is 9.53 Å². The summed E-state index contributed by atoms with van der Waals surface area (Å²) in [5, 5.41) is 0. The van der Waals surface area contributed by atoms with Crippen LogP contribution in [0.1, 0.15) is 31.3 Å². The highest BCUT2D eigenvalue weighted by Crippen LogP contribution is 2.23. The van der Waals surface area contributed by atoms with E-state index in [4.69, 9.17) is 4.74 Å². The fourth-order valence-electron chi connectivity index (χ4n) is 3.97. The van der Waals surface area contributed by atoms with Gasteiger partial charge in [-0.1, -0.05) is 36.4 Å². The van der Waals surface area contributed by atoms with Crippen molar-refractivity contribution in [1.82, 2.24) is 19.8 Å². The van der Waals surface area contributed by atoms with E-state index >= 15 is 0 Å². The molecular formula is C26H30N4O2. The minimum atomic E-state index is -0.0853. The van der Waals surface area contributed by atoms with Crippen LogP contribution in [-0.2, 0) is 0 Å². The number of nitrogens with zero attached hydrogens (tertiary/aromatic N) is 4. The molecule has 4 rings (SSSR count). The van der Waals surface area contributed by atoms with Gasteiger partial charge < -0.3 is 9.64 Å². The van der Waals surface area contributed by atoms with Crippen molar-refractivity contribution in [2.75, 3.05) is 26.2 Å². The standard InChI is InChI=1S/C26H30N4O2/c1-26(2,3)29-15-16-30(21(18-29)19-32-22-11-8-14-27-17-22)25(31)24-13-7-12-23(28-24)20-9-5-4-6-10-20/h4-14,17,21H,15-16,18-19H2,1-3H3. The van der Waals surface area contributed by atoms with E-state index in [2.05, 4.69) is 35.6 Å². The average Bonchev–Trinajstić information content (AvgIpc) is 2.83. The van der Waals surface area contributed by atoms with Crippen molar-refractivity contribution in [3.05, 3.63) is 78.8 Å². The SMILES string of the molecule is CC(C)(C)N1CCN(C(=O)c2cccc(-c3ccccc3)n2)C(COc2cccnc2)C1. The predicted molar refractivity (Wildman–Crippen MR) is 126 cm³/mol. The van der Waals surface area contributed by atoms with Gasteiger partial charge in [0.2, 0.25) is 0 Å². The zero-order valence-corrected chi connectivity index (χ0v) is 18.9. The van der Waals surface area contributed by atoms with Crippen LogP contribution in [0.3, 0.4) is 0 Å². The first kappa shape index (κ1) is 22.0. The zero-order chi connectivity index (χ0) is 22.6. The molecule has 0 aliphatic carbocycles. The van der Waals surface area contributed by atoms with Crippen LogP contribution in [0.25, 0.3) is 11.3 Å². The van der Waals surface area contributed by atoms with Crippen LogP contribution in [0, 0.1) is 0 Å².